The van der Waals surface area contributed by atoms with Gasteiger partial charge in [-0.3, -0.25) is 0 Å². The largest absolute Gasteiger partial charge is 0.398 e. The molecule has 0 radical (unpaired) electrons. The van der Waals surface area contributed by atoms with Crippen LogP contribution in [0.15, 0.2) is 40.6 Å². The monoisotopic (exact) mass is 267 g/mol. The highest BCUT2D eigenvalue weighted by atomic mass is 32.2. The van der Waals surface area contributed by atoms with Crippen molar-refractivity contribution in [2.75, 3.05) is 5.73 Å². The van der Waals surface area contributed by atoms with Crippen LogP contribution in [0.1, 0.15) is 10.4 Å². The minimum atomic E-state index is -3.31. The lowest BCUT2D eigenvalue weighted by atomic mass is 10.2. The number of thiophene rings is 1. The van der Waals surface area contributed by atoms with Gasteiger partial charge in [0.05, 0.1) is 10.6 Å². The summed E-state index contributed by atoms with van der Waals surface area (Å²) in [5.74, 6) is 0.0367. The minimum absolute atomic E-state index is 0.0367. The van der Waals surface area contributed by atoms with Gasteiger partial charge in [-0.1, -0.05) is 12.1 Å². The molecule has 2 rings (SSSR count). The number of nitrogens with two attached hydrogens (primary N) is 1. The van der Waals surface area contributed by atoms with Crippen LogP contribution in [-0.4, -0.2) is 8.42 Å². The van der Waals surface area contributed by atoms with Crippen LogP contribution in [0.25, 0.3) is 0 Å². The third-order valence-electron chi connectivity index (χ3n) is 2.57. The van der Waals surface area contributed by atoms with Crippen molar-refractivity contribution in [3.05, 3.63) is 46.2 Å². The Labute approximate surface area is 105 Å². The highest BCUT2D eigenvalue weighted by Crippen LogP contribution is 2.25. The Morgan fingerprint density at radius 2 is 2.00 bits per heavy atom. The van der Waals surface area contributed by atoms with Gasteiger partial charge in [0, 0.05) is 10.6 Å². The summed E-state index contributed by atoms with van der Waals surface area (Å²) in [6.45, 7) is 1.73. The molecule has 0 unspecified atom stereocenters. The maximum atomic E-state index is 12.2. The number of benzene rings is 1. The van der Waals surface area contributed by atoms with E-state index in [0.717, 1.165) is 4.88 Å². The van der Waals surface area contributed by atoms with Gasteiger partial charge in [-0.2, -0.15) is 0 Å². The molecule has 90 valence electrons. The molecule has 0 bridgehead atoms. The summed E-state index contributed by atoms with van der Waals surface area (Å²) in [5.41, 5.74) is 6.87. The van der Waals surface area contributed by atoms with Crippen molar-refractivity contribution in [1.82, 2.24) is 0 Å². The summed E-state index contributed by atoms with van der Waals surface area (Å²) in [4.78, 5) is 1.16. The zero-order valence-corrected chi connectivity index (χ0v) is 11.0. The summed E-state index contributed by atoms with van der Waals surface area (Å²) in [6, 6.07) is 8.66. The zero-order valence-electron chi connectivity index (χ0n) is 9.38. The molecule has 1 heterocycles. The fraction of sp³-hybridized carbons (Fsp3) is 0.167. The maximum absolute atomic E-state index is 12.2. The van der Waals surface area contributed by atoms with Crippen LogP contribution in [-0.2, 0) is 15.6 Å². The summed E-state index contributed by atoms with van der Waals surface area (Å²) >= 11 is 1.44. The third kappa shape index (κ3) is 2.50. The van der Waals surface area contributed by atoms with E-state index in [1.165, 1.54) is 11.3 Å². The van der Waals surface area contributed by atoms with Crippen LogP contribution in [0.3, 0.4) is 0 Å². The van der Waals surface area contributed by atoms with Crippen molar-refractivity contribution in [3.8, 4) is 0 Å². The van der Waals surface area contributed by atoms with Crippen LogP contribution in [0.4, 0.5) is 5.69 Å². The van der Waals surface area contributed by atoms with Gasteiger partial charge < -0.3 is 5.73 Å². The molecule has 0 aliphatic heterocycles. The Bertz CT molecular complexity index is 616. The molecule has 0 fully saturated rings. The maximum Gasteiger partial charge on any atom is 0.183 e. The van der Waals surface area contributed by atoms with E-state index in [4.69, 9.17) is 5.73 Å². The first-order valence-electron chi connectivity index (χ1n) is 5.11. The second-order valence-corrected chi connectivity index (χ2v) is 6.80. The Hall–Kier alpha value is -1.33. The van der Waals surface area contributed by atoms with E-state index in [2.05, 4.69) is 0 Å². The number of hydrogen-bond donors (Lipinski definition) is 1. The van der Waals surface area contributed by atoms with Gasteiger partial charge >= 0.3 is 0 Å². The van der Waals surface area contributed by atoms with E-state index in [-0.39, 0.29) is 5.75 Å². The lowest BCUT2D eigenvalue weighted by Crippen LogP contribution is -2.07. The molecule has 0 aliphatic rings. The first-order valence-corrected chi connectivity index (χ1v) is 7.64. The first kappa shape index (κ1) is 12.1. The summed E-state index contributed by atoms with van der Waals surface area (Å²) in [6.07, 6.45) is 0. The van der Waals surface area contributed by atoms with Gasteiger partial charge in [0.25, 0.3) is 0 Å². The fourth-order valence-corrected chi connectivity index (χ4v) is 4.35. The SMILES string of the molecule is Cc1c(N)cccc1S(=O)(=O)Cc1cccs1. The molecule has 3 nitrogen and oxygen atoms in total. The zero-order chi connectivity index (χ0) is 12.5. The molecule has 2 aromatic rings. The van der Waals surface area contributed by atoms with E-state index in [9.17, 15) is 8.42 Å². The molecule has 0 saturated heterocycles. The Morgan fingerprint density at radius 1 is 1.24 bits per heavy atom. The highest BCUT2D eigenvalue weighted by molar-refractivity contribution is 7.90. The summed E-state index contributed by atoms with van der Waals surface area (Å²) in [7, 11) is -3.31. The van der Waals surface area contributed by atoms with Crippen LogP contribution in [0.5, 0.6) is 0 Å². The van der Waals surface area contributed by atoms with Crippen molar-refractivity contribution < 1.29 is 8.42 Å². The second kappa shape index (κ2) is 4.50. The number of hydrogen-bond acceptors (Lipinski definition) is 4. The van der Waals surface area contributed by atoms with Gasteiger partial charge in [0.2, 0.25) is 0 Å². The molecule has 0 saturated carbocycles. The predicted octanol–water partition coefficient (Wildman–Crippen LogP) is 2.61. The van der Waals surface area contributed by atoms with Crippen LogP contribution >= 0.6 is 11.3 Å². The van der Waals surface area contributed by atoms with Crippen molar-refractivity contribution in [3.63, 3.8) is 0 Å². The average molecular weight is 267 g/mol. The fourth-order valence-electron chi connectivity index (χ4n) is 1.63. The standard InChI is InChI=1S/C12H13NO2S2/c1-9-11(13)5-2-6-12(9)17(14,15)8-10-4-3-7-16-10/h2-7H,8,13H2,1H3. The smallest absolute Gasteiger partial charge is 0.183 e. The molecule has 0 aliphatic carbocycles. The van der Waals surface area contributed by atoms with Crippen LogP contribution < -0.4 is 5.73 Å². The van der Waals surface area contributed by atoms with Crippen LogP contribution in [0, 0.1) is 6.92 Å². The van der Waals surface area contributed by atoms with E-state index >= 15 is 0 Å². The Morgan fingerprint density at radius 3 is 2.65 bits per heavy atom. The van der Waals surface area contributed by atoms with Gasteiger partial charge in [-0.25, -0.2) is 8.42 Å². The number of rotatable bonds is 3. The molecule has 1 aromatic carbocycles. The predicted molar refractivity (Wildman–Crippen MR) is 70.8 cm³/mol. The Kier molecular flexibility index (Phi) is 3.22. The molecular formula is C12H13NO2S2. The van der Waals surface area contributed by atoms with E-state index < -0.39 is 9.84 Å². The quantitative estimate of drug-likeness (QED) is 0.870. The summed E-state index contributed by atoms with van der Waals surface area (Å²) in [5, 5.41) is 1.87. The van der Waals surface area contributed by atoms with Crippen molar-refractivity contribution in [1.29, 1.82) is 0 Å². The van der Waals surface area contributed by atoms with Gasteiger partial charge in [-0.15, -0.1) is 11.3 Å². The first-order chi connectivity index (χ1) is 8.00. The molecule has 5 heteroatoms. The van der Waals surface area contributed by atoms with E-state index in [0.29, 0.717) is 16.1 Å². The molecule has 0 atom stereocenters. The van der Waals surface area contributed by atoms with Gasteiger partial charge in [-0.05, 0) is 36.1 Å². The van der Waals surface area contributed by atoms with Crippen molar-refractivity contribution >= 4 is 26.9 Å². The third-order valence-corrected chi connectivity index (χ3v) is 5.44. The summed E-state index contributed by atoms with van der Waals surface area (Å²) < 4.78 is 24.4. The van der Waals surface area contributed by atoms with Crippen molar-refractivity contribution in [2.45, 2.75) is 17.6 Å². The highest BCUT2D eigenvalue weighted by Gasteiger charge is 2.19. The second-order valence-electron chi connectivity index (χ2n) is 3.81. The van der Waals surface area contributed by atoms with Crippen molar-refractivity contribution in [2.24, 2.45) is 0 Å². The molecule has 17 heavy (non-hydrogen) atoms. The van der Waals surface area contributed by atoms with E-state index in [1.807, 2.05) is 17.5 Å². The number of nitrogen functional groups attached to an aromatic ring is 1. The topological polar surface area (TPSA) is 60.2 Å². The van der Waals surface area contributed by atoms with Gasteiger partial charge in [0.1, 0.15) is 0 Å². The lowest BCUT2D eigenvalue weighted by molar-refractivity contribution is 0.595. The Balaban J connectivity index is 2.42. The van der Waals surface area contributed by atoms with Crippen LogP contribution in [0.2, 0.25) is 0 Å². The molecule has 2 N–H and O–H groups in total. The molecule has 0 spiro atoms. The average Bonchev–Trinajstić information content (AvgIpc) is 2.73. The van der Waals surface area contributed by atoms with E-state index in [1.54, 1.807) is 25.1 Å². The number of sulfone groups is 1. The molecule has 0 amide bonds. The normalized spacial score (nSPS) is 11.6. The molecule has 1 aromatic heterocycles. The lowest BCUT2D eigenvalue weighted by Gasteiger charge is -2.08. The number of anilines is 1. The van der Waals surface area contributed by atoms with Gasteiger partial charge in [0.15, 0.2) is 9.84 Å². The minimum Gasteiger partial charge on any atom is -0.398 e. The molecular weight excluding hydrogens is 254 g/mol.